The van der Waals surface area contributed by atoms with Crippen LogP contribution < -0.4 is 4.74 Å². The van der Waals surface area contributed by atoms with E-state index in [-0.39, 0.29) is 11.2 Å². The van der Waals surface area contributed by atoms with E-state index in [0.29, 0.717) is 17.9 Å². The van der Waals surface area contributed by atoms with Crippen molar-refractivity contribution in [3.8, 4) is 11.5 Å². The number of benzene rings is 2. The molecule has 4 nitrogen and oxygen atoms in total. The highest BCUT2D eigenvalue weighted by molar-refractivity contribution is 5.89. The second kappa shape index (κ2) is 7.88. The van der Waals surface area contributed by atoms with E-state index in [1.165, 1.54) is 6.26 Å². The van der Waals surface area contributed by atoms with E-state index in [9.17, 15) is 9.90 Å². The van der Waals surface area contributed by atoms with Gasteiger partial charge in [-0.15, -0.1) is 0 Å². The Bertz CT molecular complexity index is 740. The summed E-state index contributed by atoms with van der Waals surface area (Å²) in [4.78, 5) is 12.0. The largest absolute Gasteiger partial charge is 0.508 e. The fraction of sp³-hybridized carbons (Fsp3) is 0.286. The predicted molar refractivity (Wildman–Crippen MR) is 97.7 cm³/mol. The molecule has 0 aliphatic heterocycles. The number of carbonyl (C=O) groups excluding carboxylic acids is 1. The Hall–Kier alpha value is -2.75. The Morgan fingerprint density at radius 1 is 1.04 bits per heavy atom. The van der Waals surface area contributed by atoms with E-state index in [1.54, 1.807) is 31.2 Å². The van der Waals surface area contributed by atoms with E-state index < -0.39 is 5.97 Å². The molecule has 0 amide bonds. The Labute approximate surface area is 148 Å². The minimum Gasteiger partial charge on any atom is -0.508 e. The highest BCUT2D eigenvalue weighted by atomic mass is 16.5. The van der Waals surface area contributed by atoms with Crippen LogP contribution in [-0.2, 0) is 14.9 Å². The van der Waals surface area contributed by atoms with Crippen molar-refractivity contribution in [2.45, 2.75) is 33.1 Å². The zero-order valence-corrected chi connectivity index (χ0v) is 15.1. The number of hydrogen-bond donors (Lipinski definition) is 1. The van der Waals surface area contributed by atoms with E-state index in [2.05, 4.69) is 13.8 Å². The number of carbonyl (C=O) groups is 1. The lowest BCUT2D eigenvalue weighted by Crippen LogP contribution is -2.18. The topological polar surface area (TPSA) is 55.8 Å². The molecular formula is C21H24O4. The van der Waals surface area contributed by atoms with Crippen LogP contribution in [-0.4, -0.2) is 17.7 Å². The summed E-state index contributed by atoms with van der Waals surface area (Å²) in [6.45, 7) is 8.22. The molecule has 0 aromatic heterocycles. The summed E-state index contributed by atoms with van der Waals surface area (Å²) in [6, 6.07) is 14.6. The lowest BCUT2D eigenvalue weighted by Gasteiger charge is -2.26. The van der Waals surface area contributed by atoms with Gasteiger partial charge in [-0.1, -0.05) is 38.1 Å². The summed E-state index contributed by atoms with van der Waals surface area (Å²) in [5, 5.41) is 9.45. The van der Waals surface area contributed by atoms with E-state index in [1.807, 2.05) is 31.2 Å². The molecule has 2 aromatic carbocycles. The van der Waals surface area contributed by atoms with Gasteiger partial charge in [0.2, 0.25) is 0 Å². The van der Waals surface area contributed by atoms with Crippen LogP contribution in [0.4, 0.5) is 0 Å². The number of aromatic hydroxyl groups is 1. The molecule has 0 aliphatic rings. The van der Waals surface area contributed by atoms with Gasteiger partial charge < -0.3 is 14.6 Å². The van der Waals surface area contributed by atoms with Gasteiger partial charge in [0.1, 0.15) is 11.5 Å². The maximum atomic E-state index is 12.0. The summed E-state index contributed by atoms with van der Waals surface area (Å²) in [5.41, 5.74) is 2.35. The lowest BCUT2D eigenvalue weighted by molar-refractivity contribution is -0.130. The first-order valence-electron chi connectivity index (χ1n) is 8.25. The van der Waals surface area contributed by atoms with Crippen molar-refractivity contribution in [2.24, 2.45) is 0 Å². The van der Waals surface area contributed by atoms with Gasteiger partial charge in [0.15, 0.2) is 0 Å². The summed E-state index contributed by atoms with van der Waals surface area (Å²) >= 11 is 0. The predicted octanol–water partition coefficient (Wildman–Crippen LogP) is 4.56. The molecular weight excluding hydrogens is 316 g/mol. The van der Waals surface area contributed by atoms with Gasteiger partial charge in [-0.05, 0) is 49.2 Å². The Kier molecular flexibility index (Phi) is 5.86. The van der Waals surface area contributed by atoms with Crippen molar-refractivity contribution >= 4 is 5.97 Å². The quantitative estimate of drug-likeness (QED) is 0.362. The number of rotatable bonds is 6. The molecule has 1 N–H and O–H groups in total. The Balaban J connectivity index is 2.13. The second-order valence-electron chi connectivity index (χ2n) is 6.34. The standard InChI is InChI=1S/C21H24O4/c1-5-24-14-15(2)20(23)25-19-12-8-17(9-13-19)21(3,4)16-6-10-18(22)11-7-16/h6-14,22H,5H2,1-4H3. The van der Waals surface area contributed by atoms with Crippen LogP contribution in [0.2, 0.25) is 0 Å². The first kappa shape index (κ1) is 18.6. The first-order valence-corrected chi connectivity index (χ1v) is 8.25. The highest BCUT2D eigenvalue weighted by Gasteiger charge is 2.23. The van der Waals surface area contributed by atoms with E-state index in [4.69, 9.17) is 9.47 Å². The molecule has 2 rings (SSSR count). The van der Waals surface area contributed by atoms with Crippen LogP contribution in [0, 0.1) is 0 Å². The third-order valence-corrected chi connectivity index (χ3v) is 4.12. The van der Waals surface area contributed by atoms with Crippen molar-refractivity contribution in [1.82, 2.24) is 0 Å². The summed E-state index contributed by atoms with van der Waals surface area (Å²) in [7, 11) is 0. The molecule has 0 radical (unpaired) electrons. The SMILES string of the molecule is CCOC=C(C)C(=O)Oc1ccc(C(C)(C)c2ccc(O)cc2)cc1. The summed E-state index contributed by atoms with van der Waals surface area (Å²) in [6.07, 6.45) is 1.41. The fourth-order valence-electron chi connectivity index (χ4n) is 2.43. The van der Waals surface area contributed by atoms with Crippen LogP contribution in [0.25, 0.3) is 0 Å². The molecule has 0 bridgehead atoms. The van der Waals surface area contributed by atoms with E-state index in [0.717, 1.165) is 11.1 Å². The molecule has 132 valence electrons. The van der Waals surface area contributed by atoms with Crippen molar-refractivity contribution in [2.75, 3.05) is 6.61 Å². The summed E-state index contributed by atoms with van der Waals surface area (Å²) in [5.74, 6) is 0.302. The number of hydrogen-bond acceptors (Lipinski definition) is 4. The second-order valence-corrected chi connectivity index (χ2v) is 6.34. The maximum absolute atomic E-state index is 12.0. The van der Waals surface area contributed by atoms with Crippen molar-refractivity contribution < 1.29 is 19.4 Å². The lowest BCUT2D eigenvalue weighted by atomic mass is 9.78. The Morgan fingerprint density at radius 3 is 2.08 bits per heavy atom. The van der Waals surface area contributed by atoms with Gasteiger partial charge in [-0.2, -0.15) is 0 Å². The van der Waals surface area contributed by atoms with Crippen LogP contribution in [0.1, 0.15) is 38.8 Å². The van der Waals surface area contributed by atoms with Gasteiger partial charge in [0.25, 0.3) is 0 Å². The molecule has 25 heavy (non-hydrogen) atoms. The van der Waals surface area contributed by atoms with E-state index >= 15 is 0 Å². The zero-order chi connectivity index (χ0) is 18.4. The van der Waals surface area contributed by atoms with Gasteiger partial charge in [-0.25, -0.2) is 4.79 Å². The number of phenolic OH excluding ortho intramolecular Hbond substituents is 1. The van der Waals surface area contributed by atoms with Crippen LogP contribution in [0.5, 0.6) is 11.5 Å². The van der Waals surface area contributed by atoms with Gasteiger partial charge >= 0.3 is 5.97 Å². The molecule has 0 heterocycles. The molecule has 0 aliphatic carbocycles. The fourth-order valence-corrected chi connectivity index (χ4v) is 2.43. The highest BCUT2D eigenvalue weighted by Crippen LogP contribution is 2.33. The summed E-state index contributed by atoms with van der Waals surface area (Å²) < 4.78 is 10.4. The van der Waals surface area contributed by atoms with Crippen LogP contribution >= 0.6 is 0 Å². The smallest absolute Gasteiger partial charge is 0.342 e. The molecule has 2 aromatic rings. The number of phenols is 1. The monoisotopic (exact) mass is 340 g/mol. The molecule has 0 saturated carbocycles. The Morgan fingerprint density at radius 2 is 1.56 bits per heavy atom. The number of esters is 1. The van der Waals surface area contributed by atoms with Crippen LogP contribution in [0.15, 0.2) is 60.4 Å². The van der Waals surface area contributed by atoms with Crippen molar-refractivity contribution in [3.63, 3.8) is 0 Å². The maximum Gasteiger partial charge on any atom is 0.342 e. The first-order chi connectivity index (χ1) is 11.8. The zero-order valence-electron chi connectivity index (χ0n) is 15.1. The molecule has 4 heteroatoms. The average Bonchev–Trinajstić information content (AvgIpc) is 2.60. The minimum atomic E-state index is -0.431. The third-order valence-electron chi connectivity index (χ3n) is 4.12. The third kappa shape index (κ3) is 4.63. The van der Waals surface area contributed by atoms with Crippen molar-refractivity contribution in [1.29, 1.82) is 0 Å². The average molecular weight is 340 g/mol. The normalized spacial score (nSPS) is 11.9. The molecule has 0 unspecified atom stereocenters. The molecule has 0 spiro atoms. The van der Waals surface area contributed by atoms with Gasteiger partial charge in [0.05, 0.1) is 18.4 Å². The molecule has 0 atom stereocenters. The van der Waals surface area contributed by atoms with Crippen LogP contribution in [0.3, 0.4) is 0 Å². The minimum absolute atomic E-state index is 0.235. The van der Waals surface area contributed by atoms with Gasteiger partial charge in [-0.3, -0.25) is 0 Å². The van der Waals surface area contributed by atoms with Crippen molar-refractivity contribution in [3.05, 3.63) is 71.5 Å². The molecule has 0 fully saturated rings. The van der Waals surface area contributed by atoms with Gasteiger partial charge in [0, 0.05) is 5.41 Å². The molecule has 0 saturated heterocycles. The number of ether oxygens (including phenoxy) is 2.